The summed E-state index contributed by atoms with van der Waals surface area (Å²) >= 11 is 1.06. The molecule has 0 aliphatic rings. The van der Waals surface area contributed by atoms with Gasteiger partial charge in [-0.2, -0.15) is 4.98 Å². The molecule has 0 aliphatic heterocycles. The SMILES string of the molecule is Cc1nc(CNc2ncc(C(=O)O)s2)no1. The number of thiazole rings is 1. The standard InChI is InChI=1S/C8H8N4O3S/c1-4-11-6(12-15-4)3-10-8-9-2-5(16-8)7(13)14/h2H,3H2,1H3,(H,9,10)(H,13,14). The first-order valence-electron chi connectivity index (χ1n) is 4.37. The Kier molecular flexibility index (Phi) is 2.82. The minimum Gasteiger partial charge on any atom is -0.477 e. The average Bonchev–Trinajstić information content (AvgIpc) is 2.83. The Hall–Kier alpha value is -1.96. The van der Waals surface area contributed by atoms with E-state index in [-0.39, 0.29) is 4.88 Å². The van der Waals surface area contributed by atoms with Crippen LogP contribution in [0.3, 0.4) is 0 Å². The molecular formula is C8H8N4O3S. The van der Waals surface area contributed by atoms with Crippen molar-refractivity contribution in [1.29, 1.82) is 0 Å². The number of hydrogen-bond donors (Lipinski definition) is 2. The maximum absolute atomic E-state index is 10.6. The molecule has 0 saturated heterocycles. The van der Waals surface area contributed by atoms with E-state index in [2.05, 4.69) is 20.4 Å². The molecule has 2 rings (SSSR count). The lowest BCUT2D eigenvalue weighted by atomic mass is 10.6. The monoisotopic (exact) mass is 240 g/mol. The number of nitrogens with one attached hydrogen (secondary N) is 1. The Balaban J connectivity index is 1.97. The minimum absolute atomic E-state index is 0.187. The second-order valence-electron chi connectivity index (χ2n) is 2.92. The predicted octanol–water partition coefficient (Wildman–Crippen LogP) is 1.14. The van der Waals surface area contributed by atoms with Crippen molar-refractivity contribution in [3.05, 3.63) is 22.8 Å². The normalized spacial score (nSPS) is 10.3. The smallest absolute Gasteiger partial charge is 0.347 e. The first-order chi connectivity index (χ1) is 7.65. The molecule has 0 spiro atoms. The highest BCUT2D eigenvalue weighted by Gasteiger charge is 2.09. The highest BCUT2D eigenvalue weighted by Crippen LogP contribution is 2.18. The van der Waals surface area contributed by atoms with E-state index in [4.69, 9.17) is 9.63 Å². The van der Waals surface area contributed by atoms with Gasteiger partial charge in [0.15, 0.2) is 11.0 Å². The molecule has 0 unspecified atom stereocenters. The maximum atomic E-state index is 10.6. The van der Waals surface area contributed by atoms with Gasteiger partial charge in [-0.05, 0) is 0 Å². The largest absolute Gasteiger partial charge is 0.477 e. The molecule has 2 N–H and O–H groups in total. The molecule has 7 nitrogen and oxygen atoms in total. The summed E-state index contributed by atoms with van der Waals surface area (Å²) in [6.45, 7) is 2.05. The summed E-state index contributed by atoms with van der Waals surface area (Å²) in [5.41, 5.74) is 0. The second kappa shape index (κ2) is 4.27. The molecule has 0 aromatic carbocycles. The molecule has 2 aromatic heterocycles. The number of aromatic nitrogens is 3. The first kappa shape index (κ1) is 10.6. The number of nitrogens with zero attached hydrogens (tertiary/aromatic N) is 3. The Labute approximate surface area is 94.1 Å². The number of aromatic carboxylic acids is 1. The van der Waals surface area contributed by atoms with E-state index in [9.17, 15) is 4.79 Å². The van der Waals surface area contributed by atoms with Crippen LogP contribution in [-0.2, 0) is 6.54 Å². The lowest BCUT2D eigenvalue weighted by Gasteiger charge is -1.95. The molecule has 0 amide bonds. The van der Waals surface area contributed by atoms with Gasteiger partial charge in [-0.25, -0.2) is 9.78 Å². The summed E-state index contributed by atoms with van der Waals surface area (Å²) in [7, 11) is 0. The number of hydrogen-bond acceptors (Lipinski definition) is 7. The van der Waals surface area contributed by atoms with Gasteiger partial charge in [0.1, 0.15) is 4.88 Å². The van der Waals surface area contributed by atoms with Gasteiger partial charge in [-0.1, -0.05) is 16.5 Å². The van der Waals surface area contributed by atoms with Crippen molar-refractivity contribution < 1.29 is 14.4 Å². The lowest BCUT2D eigenvalue weighted by molar-refractivity contribution is 0.0702. The van der Waals surface area contributed by atoms with Gasteiger partial charge >= 0.3 is 5.97 Å². The number of carboxylic acid groups (broad SMARTS) is 1. The number of rotatable bonds is 4. The van der Waals surface area contributed by atoms with Gasteiger partial charge in [0.05, 0.1) is 12.7 Å². The Morgan fingerprint density at radius 3 is 3.06 bits per heavy atom. The van der Waals surface area contributed by atoms with E-state index >= 15 is 0 Å². The third kappa shape index (κ3) is 2.34. The zero-order chi connectivity index (χ0) is 11.5. The summed E-state index contributed by atoms with van der Waals surface area (Å²) in [4.78, 5) is 18.7. The average molecular weight is 240 g/mol. The van der Waals surface area contributed by atoms with Crippen LogP contribution in [0, 0.1) is 6.92 Å². The number of carbonyl (C=O) groups is 1. The van der Waals surface area contributed by atoms with Crippen LogP contribution in [0.4, 0.5) is 5.13 Å². The van der Waals surface area contributed by atoms with E-state index in [1.165, 1.54) is 6.20 Å². The minimum atomic E-state index is -0.985. The molecule has 2 aromatic rings. The van der Waals surface area contributed by atoms with Gasteiger partial charge in [0.25, 0.3) is 0 Å². The molecule has 84 valence electrons. The molecule has 2 heterocycles. The fourth-order valence-electron chi connectivity index (χ4n) is 1.02. The molecular weight excluding hydrogens is 232 g/mol. The fraction of sp³-hybridized carbons (Fsp3) is 0.250. The van der Waals surface area contributed by atoms with Crippen LogP contribution in [-0.4, -0.2) is 26.2 Å². The van der Waals surface area contributed by atoms with Gasteiger partial charge in [0.2, 0.25) is 5.89 Å². The summed E-state index contributed by atoms with van der Waals surface area (Å²) in [6.07, 6.45) is 1.30. The van der Waals surface area contributed by atoms with Crippen molar-refractivity contribution in [3.63, 3.8) is 0 Å². The van der Waals surface area contributed by atoms with Crippen LogP contribution in [0.5, 0.6) is 0 Å². The molecule has 0 radical (unpaired) electrons. The van der Waals surface area contributed by atoms with Crippen molar-refractivity contribution in [2.45, 2.75) is 13.5 Å². The van der Waals surface area contributed by atoms with E-state index in [1.807, 2.05) is 0 Å². The van der Waals surface area contributed by atoms with Crippen LogP contribution in [0.1, 0.15) is 21.4 Å². The van der Waals surface area contributed by atoms with Crippen LogP contribution < -0.4 is 5.32 Å². The third-order valence-electron chi connectivity index (χ3n) is 1.68. The maximum Gasteiger partial charge on any atom is 0.347 e. The van der Waals surface area contributed by atoms with Crippen molar-refractivity contribution in [2.75, 3.05) is 5.32 Å². The number of carboxylic acids is 1. The van der Waals surface area contributed by atoms with Crippen LogP contribution in [0.15, 0.2) is 10.7 Å². The highest BCUT2D eigenvalue weighted by molar-refractivity contribution is 7.17. The molecule has 16 heavy (non-hydrogen) atoms. The molecule has 0 atom stereocenters. The molecule has 0 saturated carbocycles. The predicted molar refractivity (Wildman–Crippen MR) is 55.4 cm³/mol. The zero-order valence-electron chi connectivity index (χ0n) is 8.30. The Morgan fingerprint density at radius 2 is 2.50 bits per heavy atom. The Bertz CT molecular complexity index is 507. The number of anilines is 1. The van der Waals surface area contributed by atoms with Crippen LogP contribution >= 0.6 is 11.3 Å². The van der Waals surface area contributed by atoms with Crippen molar-refractivity contribution in [2.24, 2.45) is 0 Å². The summed E-state index contributed by atoms with van der Waals surface area (Å²) in [6, 6.07) is 0. The lowest BCUT2D eigenvalue weighted by Crippen LogP contribution is -2.00. The molecule has 0 aliphatic carbocycles. The summed E-state index contributed by atoms with van der Waals surface area (Å²) in [5.74, 6) is 0.00712. The zero-order valence-corrected chi connectivity index (χ0v) is 9.11. The second-order valence-corrected chi connectivity index (χ2v) is 3.95. The first-order valence-corrected chi connectivity index (χ1v) is 5.19. The topological polar surface area (TPSA) is 101 Å². The number of aryl methyl sites for hydroxylation is 1. The summed E-state index contributed by atoms with van der Waals surface area (Å²) < 4.78 is 4.78. The quantitative estimate of drug-likeness (QED) is 0.826. The Morgan fingerprint density at radius 1 is 1.69 bits per heavy atom. The highest BCUT2D eigenvalue weighted by atomic mass is 32.1. The van der Waals surface area contributed by atoms with Crippen molar-refractivity contribution in [3.8, 4) is 0 Å². The molecule has 0 bridgehead atoms. The van der Waals surface area contributed by atoms with E-state index in [0.29, 0.717) is 23.4 Å². The van der Waals surface area contributed by atoms with E-state index < -0.39 is 5.97 Å². The van der Waals surface area contributed by atoms with Crippen LogP contribution in [0.2, 0.25) is 0 Å². The van der Waals surface area contributed by atoms with Crippen LogP contribution in [0.25, 0.3) is 0 Å². The van der Waals surface area contributed by atoms with Gasteiger partial charge in [-0.15, -0.1) is 0 Å². The van der Waals surface area contributed by atoms with Gasteiger partial charge in [-0.3, -0.25) is 0 Å². The van der Waals surface area contributed by atoms with Crippen molar-refractivity contribution in [1.82, 2.24) is 15.1 Å². The fourth-order valence-corrected chi connectivity index (χ4v) is 1.67. The van der Waals surface area contributed by atoms with E-state index in [0.717, 1.165) is 11.3 Å². The third-order valence-corrected chi connectivity index (χ3v) is 2.63. The van der Waals surface area contributed by atoms with Gasteiger partial charge < -0.3 is 14.9 Å². The van der Waals surface area contributed by atoms with Crippen molar-refractivity contribution >= 4 is 22.4 Å². The molecule has 8 heteroatoms. The van der Waals surface area contributed by atoms with E-state index in [1.54, 1.807) is 6.92 Å². The summed E-state index contributed by atoms with van der Waals surface area (Å²) in [5, 5.41) is 15.8. The molecule has 0 fully saturated rings. The van der Waals surface area contributed by atoms with Gasteiger partial charge in [0, 0.05) is 6.92 Å².